The van der Waals surface area contributed by atoms with Gasteiger partial charge >= 0.3 is 0 Å². The fraction of sp³-hybridized carbons (Fsp3) is 0.500. The van der Waals surface area contributed by atoms with Gasteiger partial charge in [-0.25, -0.2) is 13.1 Å². The van der Waals surface area contributed by atoms with Crippen LogP contribution in [0.3, 0.4) is 0 Å². The van der Waals surface area contributed by atoms with E-state index in [9.17, 15) is 8.42 Å². The lowest BCUT2D eigenvalue weighted by atomic mass is 10.2. The Morgan fingerprint density at radius 1 is 1.39 bits per heavy atom. The zero-order valence-electron chi connectivity index (χ0n) is 10.5. The second kappa shape index (κ2) is 5.79. The summed E-state index contributed by atoms with van der Waals surface area (Å²) in [6.07, 6.45) is 0. The molecule has 1 aromatic carbocycles. The van der Waals surface area contributed by atoms with Crippen LogP contribution in [0.15, 0.2) is 35.2 Å². The topological polar surface area (TPSA) is 61.4 Å². The number of rotatable bonds is 4. The van der Waals surface area contributed by atoms with E-state index in [-0.39, 0.29) is 6.04 Å². The van der Waals surface area contributed by atoms with Crippen LogP contribution in [0.5, 0.6) is 0 Å². The van der Waals surface area contributed by atoms with Gasteiger partial charge in [0, 0.05) is 32.2 Å². The van der Waals surface area contributed by atoms with E-state index in [1.807, 2.05) is 7.05 Å². The second-order valence-electron chi connectivity index (χ2n) is 4.58. The Kier molecular flexibility index (Phi) is 4.34. The first kappa shape index (κ1) is 13.5. The molecule has 0 aliphatic carbocycles. The summed E-state index contributed by atoms with van der Waals surface area (Å²) in [5, 5.41) is 3.30. The van der Waals surface area contributed by atoms with Gasteiger partial charge in [-0.1, -0.05) is 18.2 Å². The molecule has 1 saturated heterocycles. The van der Waals surface area contributed by atoms with Crippen LogP contribution >= 0.6 is 0 Å². The van der Waals surface area contributed by atoms with Crippen molar-refractivity contribution in [3.8, 4) is 0 Å². The van der Waals surface area contributed by atoms with E-state index in [2.05, 4.69) is 14.9 Å². The molecular weight excluding hydrogens is 250 g/mol. The zero-order valence-corrected chi connectivity index (χ0v) is 11.3. The highest BCUT2D eigenvalue weighted by molar-refractivity contribution is 7.89. The number of hydrogen-bond donors (Lipinski definition) is 2. The number of likely N-dealkylation sites (N-methyl/N-ethyl adjacent to an activating group) is 1. The molecule has 0 aromatic heterocycles. The second-order valence-corrected chi connectivity index (χ2v) is 6.35. The molecule has 1 heterocycles. The highest BCUT2D eigenvalue weighted by atomic mass is 32.2. The number of nitrogens with zero attached hydrogens (tertiary/aromatic N) is 1. The molecule has 5 nitrogen and oxygen atoms in total. The van der Waals surface area contributed by atoms with E-state index >= 15 is 0 Å². The third kappa shape index (κ3) is 3.52. The first-order valence-corrected chi connectivity index (χ1v) is 7.53. The molecule has 0 radical (unpaired) electrons. The minimum absolute atomic E-state index is 0.169. The molecule has 6 heteroatoms. The highest BCUT2D eigenvalue weighted by Gasteiger charge is 2.19. The minimum atomic E-state index is -3.39. The molecule has 1 fully saturated rings. The molecule has 1 atom stereocenters. The fourth-order valence-electron chi connectivity index (χ4n) is 2.02. The van der Waals surface area contributed by atoms with Crippen molar-refractivity contribution in [3.63, 3.8) is 0 Å². The van der Waals surface area contributed by atoms with E-state index in [0.29, 0.717) is 11.4 Å². The number of hydrogen-bond acceptors (Lipinski definition) is 4. The van der Waals surface area contributed by atoms with E-state index in [4.69, 9.17) is 0 Å². The third-order valence-corrected chi connectivity index (χ3v) is 4.47. The maximum atomic E-state index is 12.0. The summed E-state index contributed by atoms with van der Waals surface area (Å²) in [6, 6.07) is 8.62. The molecule has 100 valence electrons. The Hall–Kier alpha value is -0.950. The average Bonchev–Trinajstić information content (AvgIpc) is 2.38. The molecular formula is C12H19N3O2S. The highest BCUT2D eigenvalue weighted by Crippen LogP contribution is 2.07. The van der Waals surface area contributed by atoms with Crippen LogP contribution in [-0.4, -0.2) is 52.6 Å². The molecule has 0 bridgehead atoms. The molecule has 0 saturated carbocycles. The summed E-state index contributed by atoms with van der Waals surface area (Å²) in [5.41, 5.74) is 0. The van der Waals surface area contributed by atoms with Gasteiger partial charge in [0.2, 0.25) is 10.0 Å². The fourth-order valence-corrected chi connectivity index (χ4v) is 3.12. The normalized spacial score (nSPS) is 21.9. The Morgan fingerprint density at radius 2 is 2.11 bits per heavy atom. The molecule has 1 unspecified atom stereocenters. The quantitative estimate of drug-likeness (QED) is 0.799. The monoisotopic (exact) mass is 269 g/mol. The lowest BCUT2D eigenvalue weighted by Gasteiger charge is -2.30. The number of nitrogens with one attached hydrogen (secondary N) is 2. The predicted octanol–water partition coefficient (Wildman–Crippen LogP) is -0.131. The van der Waals surface area contributed by atoms with Crippen LogP contribution in [0.4, 0.5) is 0 Å². The Morgan fingerprint density at radius 3 is 2.78 bits per heavy atom. The van der Waals surface area contributed by atoms with Crippen LogP contribution < -0.4 is 10.0 Å². The lowest BCUT2D eigenvalue weighted by Crippen LogP contribution is -2.53. The summed E-state index contributed by atoms with van der Waals surface area (Å²) in [4.78, 5) is 2.51. The Bertz CT molecular complexity index is 475. The minimum Gasteiger partial charge on any atom is -0.310 e. The average molecular weight is 269 g/mol. The van der Waals surface area contributed by atoms with Crippen LogP contribution in [-0.2, 0) is 10.0 Å². The van der Waals surface area contributed by atoms with Gasteiger partial charge in [-0.3, -0.25) is 0 Å². The van der Waals surface area contributed by atoms with E-state index in [1.165, 1.54) is 0 Å². The SMILES string of the molecule is CN1CCNC(CNS(=O)(=O)c2ccccc2)C1. The van der Waals surface area contributed by atoms with Crippen molar-refractivity contribution in [2.24, 2.45) is 0 Å². The predicted molar refractivity (Wildman–Crippen MR) is 70.9 cm³/mol. The molecule has 1 aliphatic rings. The standard InChI is InChI=1S/C12H19N3O2S/c1-15-8-7-13-11(10-15)9-14-18(16,17)12-5-3-2-4-6-12/h2-6,11,13-14H,7-10H2,1H3. The van der Waals surface area contributed by atoms with Crippen LogP contribution in [0.25, 0.3) is 0 Å². The number of sulfonamides is 1. The molecule has 18 heavy (non-hydrogen) atoms. The lowest BCUT2D eigenvalue weighted by molar-refractivity contribution is 0.239. The van der Waals surface area contributed by atoms with Crippen molar-refractivity contribution in [3.05, 3.63) is 30.3 Å². The van der Waals surface area contributed by atoms with Gasteiger partial charge in [0.05, 0.1) is 4.90 Å². The van der Waals surface area contributed by atoms with Gasteiger partial charge < -0.3 is 10.2 Å². The molecule has 0 spiro atoms. The van der Waals surface area contributed by atoms with Gasteiger partial charge in [-0.2, -0.15) is 0 Å². The van der Waals surface area contributed by atoms with Gasteiger partial charge in [0.1, 0.15) is 0 Å². The van der Waals surface area contributed by atoms with Crippen molar-refractivity contribution < 1.29 is 8.42 Å². The first-order chi connectivity index (χ1) is 8.58. The van der Waals surface area contributed by atoms with Gasteiger partial charge in [-0.05, 0) is 19.2 Å². The summed E-state index contributed by atoms with van der Waals surface area (Å²) in [5.74, 6) is 0. The third-order valence-electron chi connectivity index (χ3n) is 3.03. The van der Waals surface area contributed by atoms with Crippen molar-refractivity contribution in [1.29, 1.82) is 0 Å². The summed E-state index contributed by atoms with van der Waals surface area (Å²) in [7, 11) is -1.34. The van der Waals surface area contributed by atoms with Crippen LogP contribution in [0.2, 0.25) is 0 Å². The molecule has 2 N–H and O–H groups in total. The van der Waals surface area contributed by atoms with Gasteiger partial charge in [0.15, 0.2) is 0 Å². The van der Waals surface area contributed by atoms with Gasteiger partial charge in [-0.15, -0.1) is 0 Å². The Balaban J connectivity index is 1.93. The van der Waals surface area contributed by atoms with Gasteiger partial charge in [0.25, 0.3) is 0 Å². The van der Waals surface area contributed by atoms with E-state index in [0.717, 1.165) is 19.6 Å². The summed E-state index contributed by atoms with van der Waals surface area (Å²) < 4.78 is 26.7. The molecule has 2 rings (SSSR count). The smallest absolute Gasteiger partial charge is 0.240 e. The molecule has 1 aliphatic heterocycles. The van der Waals surface area contributed by atoms with Crippen LogP contribution in [0.1, 0.15) is 0 Å². The van der Waals surface area contributed by atoms with Crippen molar-refractivity contribution in [2.45, 2.75) is 10.9 Å². The molecule has 1 aromatic rings. The van der Waals surface area contributed by atoms with E-state index < -0.39 is 10.0 Å². The van der Waals surface area contributed by atoms with Crippen molar-refractivity contribution in [1.82, 2.24) is 14.9 Å². The summed E-state index contributed by atoms with van der Waals surface area (Å²) in [6.45, 7) is 3.18. The first-order valence-electron chi connectivity index (χ1n) is 6.04. The Labute approximate surface area is 108 Å². The van der Waals surface area contributed by atoms with E-state index in [1.54, 1.807) is 30.3 Å². The number of benzene rings is 1. The van der Waals surface area contributed by atoms with Crippen molar-refractivity contribution >= 4 is 10.0 Å². The maximum absolute atomic E-state index is 12.0. The largest absolute Gasteiger partial charge is 0.310 e. The zero-order chi connectivity index (χ0) is 13.0. The van der Waals surface area contributed by atoms with Crippen molar-refractivity contribution in [2.75, 3.05) is 33.2 Å². The molecule has 0 amide bonds. The van der Waals surface area contributed by atoms with Crippen LogP contribution in [0, 0.1) is 0 Å². The maximum Gasteiger partial charge on any atom is 0.240 e. The summed E-state index contributed by atoms with van der Waals surface area (Å²) >= 11 is 0. The number of piperazine rings is 1.